The molecular weight excluding hydrogens is 336 g/mol. The average molecular weight is 364 g/mol. The molecule has 0 spiro atoms. The minimum absolute atomic E-state index is 0.149. The van der Waals surface area contributed by atoms with Crippen molar-refractivity contribution >= 4 is 11.5 Å². The molecule has 2 aromatic rings. The van der Waals surface area contributed by atoms with E-state index in [2.05, 4.69) is 48.1 Å². The van der Waals surface area contributed by atoms with Gasteiger partial charge in [0.1, 0.15) is 12.4 Å². The molecule has 0 bridgehead atoms. The second-order valence-electron chi connectivity index (χ2n) is 7.16. The van der Waals surface area contributed by atoms with Crippen molar-refractivity contribution in [2.45, 2.75) is 45.4 Å². The predicted molar refractivity (Wildman–Crippen MR) is 109 cm³/mol. The highest BCUT2D eigenvalue weighted by atomic mass is 16.5. The van der Waals surface area contributed by atoms with Crippen molar-refractivity contribution in [2.75, 3.05) is 13.7 Å². The number of carbonyl (C=O) groups excluding carboxylic acids is 1. The molecule has 0 aliphatic heterocycles. The van der Waals surface area contributed by atoms with Gasteiger partial charge in [-0.2, -0.15) is 0 Å². The Balaban J connectivity index is 1.55. The van der Waals surface area contributed by atoms with E-state index in [-0.39, 0.29) is 5.97 Å². The number of allylic oxidation sites excluding steroid dienone is 1. The van der Waals surface area contributed by atoms with Crippen molar-refractivity contribution < 1.29 is 14.3 Å². The number of hydrogen-bond acceptors (Lipinski definition) is 3. The Labute approximate surface area is 162 Å². The van der Waals surface area contributed by atoms with Crippen molar-refractivity contribution in [3.8, 4) is 5.75 Å². The topological polar surface area (TPSA) is 35.5 Å². The van der Waals surface area contributed by atoms with Crippen LogP contribution in [0.1, 0.15) is 48.8 Å². The van der Waals surface area contributed by atoms with E-state index in [1.54, 1.807) is 0 Å². The molecule has 0 fully saturated rings. The fourth-order valence-electron chi connectivity index (χ4n) is 3.53. The Morgan fingerprint density at radius 2 is 1.74 bits per heavy atom. The first-order valence-corrected chi connectivity index (χ1v) is 9.72. The summed E-state index contributed by atoms with van der Waals surface area (Å²) in [5, 5.41) is 0. The quantitative estimate of drug-likeness (QED) is 0.580. The maximum absolute atomic E-state index is 11.2. The summed E-state index contributed by atoms with van der Waals surface area (Å²) in [4.78, 5) is 11.2. The molecule has 2 aromatic carbocycles. The maximum atomic E-state index is 11.2. The summed E-state index contributed by atoms with van der Waals surface area (Å²) in [6.07, 6.45) is 5.61. The van der Waals surface area contributed by atoms with Gasteiger partial charge in [0.25, 0.3) is 0 Å². The standard InChI is InChI=1S/C24H28O3/c1-18-9-13-20(14-10-18)23-7-4-6-21(23)17-27-22-15-11-19(12-16-22)5-3-8-24(25)26-2/h9-16H,3-8,17H2,1-2H3. The zero-order valence-electron chi connectivity index (χ0n) is 16.3. The van der Waals surface area contributed by atoms with Crippen LogP contribution in [0.3, 0.4) is 0 Å². The van der Waals surface area contributed by atoms with Gasteiger partial charge in [-0.15, -0.1) is 0 Å². The summed E-state index contributed by atoms with van der Waals surface area (Å²) >= 11 is 0. The smallest absolute Gasteiger partial charge is 0.305 e. The lowest BCUT2D eigenvalue weighted by molar-refractivity contribution is -0.140. The molecule has 1 aliphatic rings. The number of hydrogen-bond donors (Lipinski definition) is 0. The van der Waals surface area contributed by atoms with Crippen LogP contribution in [0.25, 0.3) is 5.57 Å². The van der Waals surface area contributed by atoms with E-state index in [9.17, 15) is 4.79 Å². The summed E-state index contributed by atoms with van der Waals surface area (Å²) in [7, 11) is 1.43. The molecule has 142 valence electrons. The van der Waals surface area contributed by atoms with Gasteiger partial charge in [0, 0.05) is 6.42 Å². The molecular formula is C24H28O3. The highest BCUT2D eigenvalue weighted by Gasteiger charge is 2.16. The summed E-state index contributed by atoms with van der Waals surface area (Å²) in [5.41, 5.74) is 6.71. The minimum Gasteiger partial charge on any atom is -0.489 e. The average Bonchev–Trinajstić information content (AvgIpc) is 3.16. The highest BCUT2D eigenvalue weighted by Crippen LogP contribution is 2.34. The summed E-state index contributed by atoms with van der Waals surface area (Å²) in [6, 6.07) is 17.0. The predicted octanol–water partition coefficient (Wildman–Crippen LogP) is 5.51. The van der Waals surface area contributed by atoms with Gasteiger partial charge in [0.05, 0.1) is 7.11 Å². The Bertz CT molecular complexity index is 785. The van der Waals surface area contributed by atoms with E-state index < -0.39 is 0 Å². The van der Waals surface area contributed by atoms with Crippen molar-refractivity contribution in [1.29, 1.82) is 0 Å². The molecule has 0 saturated carbocycles. The number of rotatable bonds is 8. The van der Waals surface area contributed by atoms with Crippen LogP contribution in [0.15, 0.2) is 54.1 Å². The van der Waals surface area contributed by atoms with Crippen LogP contribution in [0.5, 0.6) is 5.75 Å². The normalized spacial score (nSPS) is 13.7. The molecule has 0 atom stereocenters. The van der Waals surface area contributed by atoms with Gasteiger partial charge >= 0.3 is 5.97 Å². The lowest BCUT2D eigenvalue weighted by Gasteiger charge is -2.11. The van der Waals surface area contributed by atoms with Gasteiger partial charge in [-0.3, -0.25) is 4.79 Å². The van der Waals surface area contributed by atoms with Gasteiger partial charge in [-0.05, 0) is 73.4 Å². The molecule has 0 heterocycles. The van der Waals surface area contributed by atoms with E-state index in [1.807, 2.05) is 12.1 Å². The number of benzene rings is 2. The lowest BCUT2D eigenvalue weighted by Crippen LogP contribution is -2.02. The molecule has 3 nitrogen and oxygen atoms in total. The van der Waals surface area contributed by atoms with Crippen LogP contribution in [-0.4, -0.2) is 19.7 Å². The monoisotopic (exact) mass is 364 g/mol. The summed E-state index contributed by atoms with van der Waals surface area (Å²) < 4.78 is 10.7. The SMILES string of the molecule is COC(=O)CCCc1ccc(OCC2=C(c3ccc(C)cc3)CCC2)cc1. The van der Waals surface area contributed by atoms with Gasteiger partial charge < -0.3 is 9.47 Å². The molecule has 0 unspecified atom stereocenters. The van der Waals surface area contributed by atoms with Gasteiger partial charge in [-0.1, -0.05) is 42.0 Å². The van der Waals surface area contributed by atoms with Crippen LogP contribution in [0.4, 0.5) is 0 Å². The van der Waals surface area contributed by atoms with Gasteiger partial charge in [-0.25, -0.2) is 0 Å². The number of esters is 1. The van der Waals surface area contributed by atoms with Crippen molar-refractivity contribution in [2.24, 2.45) is 0 Å². The molecule has 1 aliphatic carbocycles. The molecule has 3 rings (SSSR count). The van der Waals surface area contributed by atoms with Gasteiger partial charge in [0.2, 0.25) is 0 Å². The highest BCUT2D eigenvalue weighted by molar-refractivity contribution is 5.71. The zero-order valence-corrected chi connectivity index (χ0v) is 16.3. The molecule has 0 aromatic heterocycles. The van der Waals surface area contributed by atoms with E-state index >= 15 is 0 Å². The fourth-order valence-corrected chi connectivity index (χ4v) is 3.53. The second kappa shape index (κ2) is 9.40. The maximum Gasteiger partial charge on any atom is 0.305 e. The fraction of sp³-hybridized carbons (Fsp3) is 0.375. The third kappa shape index (κ3) is 5.46. The number of ether oxygens (including phenoxy) is 2. The summed E-state index contributed by atoms with van der Waals surface area (Å²) in [6.45, 7) is 2.78. The Kier molecular flexibility index (Phi) is 6.69. The molecule has 3 heteroatoms. The van der Waals surface area contributed by atoms with E-state index in [0.29, 0.717) is 13.0 Å². The van der Waals surface area contributed by atoms with Crippen molar-refractivity contribution in [1.82, 2.24) is 0 Å². The molecule has 27 heavy (non-hydrogen) atoms. The molecule has 0 N–H and O–H groups in total. The number of carbonyl (C=O) groups is 1. The van der Waals surface area contributed by atoms with E-state index in [4.69, 9.17) is 4.74 Å². The second-order valence-corrected chi connectivity index (χ2v) is 7.16. The van der Waals surface area contributed by atoms with Gasteiger partial charge in [0.15, 0.2) is 0 Å². The van der Waals surface area contributed by atoms with Crippen LogP contribution < -0.4 is 4.74 Å². The summed E-state index contributed by atoms with van der Waals surface area (Å²) in [5.74, 6) is 0.749. The van der Waals surface area contributed by atoms with Crippen LogP contribution >= 0.6 is 0 Å². The van der Waals surface area contributed by atoms with Crippen LogP contribution in [0.2, 0.25) is 0 Å². The lowest BCUT2D eigenvalue weighted by atomic mass is 10.0. The molecule has 0 radical (unpaired) electrons. The van der Waals surface area contributed by atoms with Crippen LogP contribution in [-0.2, 0) is 16.0 Å². The molecule has 0 amide bonds. The first-order chi connectivity index (χ1) is 13.2. The third-order valence-corrected chi connectivity index (χ3v) is 5.14. The first kappa shape index (κ1) is 19.2. The first-order valence-electron chi connectivity index (χ1n) is 9.72. The molecule has 0 saturated heterocycles. The number of aryl methyl sites for hydroxylation is 2. The Morgan fingerprint density at radius 1 is 1.00 bits per heavy atom. The zero-order chi connectivity index (χ0) is 19.1. The largest absolute Gasteiger partial charge is 0.489 e. The van der Waals surface area contributed by atoms with E-state index in [1.165, 1.54) is 41.4 Å². The van der Waals surface area contributed by atoms with Crippen molar-refractivity contribution in [3.63, 3.8) is 0 Å². The minimum atomic E-state index is -0.149. The van der Waals surface area contributed by atoms with E-state index in [0.717, 1.165) is 31.4 Å². The Hall–Kier alpha value is -2.55. The third-order valence-electron chi connectivity index (χ3n) is 5.14. The number of methoxy groups -OCH3 is 1. The Morgan fingerprint density at radius 3 is 2.44 bits per heavy atom. The van der Waals surface area contributed by atoms with Crippen LogP contribution in [0, 0.1) is 6.92 Å². The van der Waals surface area contributed by atoms with Crippen molar-refractivity contribution in [3.05, 3.63) is 70.8 Å².